The Hall–Kier alpha value is -2.28. The number of carbonyl (C=O) groups excluding carboxylic acids is 3. The molecule has 1 heterocycles. The molecule has 1 fully saturated rings. The Kier molecular flexibility index (Phi) is 6.36. The van der Waals surface area contributed by atoms with Crippen molar-refractivity contribution < 1.29 is 14.4 Å². The van der Waals surface area contributed by atoms with Crippen LogP contribution in [0.15, 0.2) is 42.5 Å². The molecule has 152 valence electrons. The van der Waals surface area contributed by atoms with Crippen molar-refractivity contribution >= 4 is 58.3 Å². The van der Waals surface area contributed by atoms with Gasteiger partial charge in [0.1, 0.15) is 12.1 Å². The van der Waals surface area contributed by atoms with E-state index in [1.165, 1.54) is 12.1 Å². The summed E-state index contributed by atoms with van der Waals surface area (Å²) in [6.45, 7) is 1.45. The lowest BCUT2D eigenvalue weighted by atomic mass is 9.85. The van der Waals surface area contributed by atoms with E-state index in [9.17, 15) is 14.4 Å². The van der Waals surface area contributed by atoms with E-state index in [1.54, 1.807) is 24.3 Å². The van der Waals surface area contributed by atoms with Gasteiger partial charge in [-0.2, -0.15) is 0 Å². The molecule has 3 rings (SSSR count). The normalized spacial score (nSPS) is 18.7. The topological polar surface area (TPSA) is 78.5 Å². The number of hydrogen-bond acceptors (Lipinski definition) is 3. The van der Waals surface area contributed by atoms with Gasteiger partial charge in [-0.05, 0) is 24.1 Å². The second kappa shape index (κ2) is 8.61. The number of nitrogens with zero attached hydrogens (tertiary/aromatic N) is 1. The van der Waals surface area contributed by atoms with E-state index in [4.69, 9.17) is 34.8 Å². The third-order valence-corrected chi connectivity index (χ3v) is 5.45. The predicted octanol–water partition coefficient (Wildman–Crippen LogP) is 4.83. The highest BCUT2D eigenvalue weighted by Crippen LogP contribution is 2.35. The maximum Gasteiger partial charge on any atom is 0.325 e. The fourth-order valence-electron chi connectivity index (χ4n) is 3.36. The molecule has 1 aliphatic rings. The van der Waals surface area contributed by atoms with Crippen molar-refractivity contribution in [1.29, 1.82) is 0 Å². The maximum absolute atomic E-state index is 13.2. The van der Waals surface area contributed by atoms with Gasteiger partial charge in [0.25, 0.3) is 5.91 Å². The number of imide groups is 1. The van der Waals surface area contributed by atoms with Crippen LogP contribution in [0.2, 0.25) is 15.1 Å². The van der Waals surface area contributed by atoms with Crippen LogP contribution in [-0.4, -0.2) is 29.3 Å². The van der Waals surface area contributed by atoms with E-state index < -0.39 is 29.9 Å². The lowest BCUT2D eigenvalue weighted by Crippen LogP contribution is -2.44. The Morgan fingerprint density at radius 2 is 1.72 bits per heavy atom. The molecule has 0 saturated carbocycles. The summed E-state index contributed by atoms with van der Waals surface area (Å²) in [5, 5.41) is 5.93. The van der Waals surface area contributed by atoms with E-state index in [2.05, 4.69) is 10.6 Å². The maximum atomic E-state index is 13.2. The van der Waals surface area contributed by atoms with Crippen molar-refractivity contribution in [2.24, 2.45) is 0 Å². The average Bonchev–Trinajstić information content (AvgIpc) is 2.91. The second-order valence-electron chi connectivity index (χ2n) is 6.64. The SMILES string of the molecule is CCCC1(c2ccccc2)NC(=O)N(CC(=O)Nc2c(Cl)cc(Cl)cc2Cl)C1=O. The van der Waals surface area contributed by atoms with Gasteiger partial charge in [-0.1, -0.05) is 78.5 Å². The summed E-state index contributed by atoms with van der Waals surface area (Å²) in [4.78, 5) is 39.2. The Bertz CT molecular complexity index is 945. The molecule has 1 saturated heterocycles. The van der Waals surface area contributed by atoms with Crippen molar-refractivity contribution in [2.45, 2.75) is 25.3 Å². The Labute approximate surface area is 183 Å². The van der Waals surface area contributed by atoms with Gasteiger partial charge in [0, 0.05) is 5.02 Å². The number of carbonyl (C=O) groups is 3. The van der Waals surface area contributed by atoms with E-state index in [0.29, 0.717) is 23.4 Å². The van der Waals surface area contributed by atoms with Crippen molar-refractivity contribution in [1.82, 2.24) is 10.2 Å². The molecule has 0 bridgehead atoms. The van der Waals surface area contributed by atoms with Crippen molar-refractivity contribution in [3.05, 3.63) is 63.1 Å². The predicted molar refractivity (Wildman–Crippen MR) is 113 cm³/mol. The molecule has 6 nitrogen and oxygen atoms in total. The number of halogens is 3. The second-order valence-corrected chi connectivity index (χ2v) is 7.89. The number of benzene rings is 2. The number of amides is 4. The van der Waals surface area contributed by atoms with Gasteiger partial charge in [-0.25, -0.2) is 4.79 Å². The fourth-order valence-corrected chi connectivity index (χ4v) is 4.27. The molecule has 0 spiro atoms. The molecule has 0 radical (unpaired) electrons. The summed E-state index contributed by atoms with van der Waals surface area (Å²) in [6, 6.07) is 11.2. The van der Waals surface area contributed by atoms with Gasteiger partial charge in [-0.15, -0.1) is 0 Å². The molecule has 1 aliphatic heterocycles. The molecule has 1 atom stereocenters. The Balaban J connectivity index is 1.82. The highest BCUT2D eigenvalue weighted by atomic mass is 35.5. The third-order valence-electron chi connectivity index (χ3n) is 4.64. The molecular formula is C20H18Cl3N3O3. The molecule has 9 heteroatoms. The van der Waals surface area contributed by atoms with Crippen LogP contribution in [0.4, 0.5) is 10.5 Å². The van der Waals surface area contributed by atoms with Crippen molar-refractivity contribution in [2.75, 3.05) is 11.9 Å². The molecule has 0 aliphatic carbocycles. The van der Waals surface area contributed by atoms with Crippen molar-refractivity contribution in [3.8, 4) is 0 Å². The summed E-state index contributed by atoms with van der Waals surface area (Å²) in [5.74, 6) is -1.08. The van der Waals surface area contributed by atoms with E-state index in [-0.39, 0.29) is 15.7 Å². The van der Waals surface area contributed by atoms with Crippen LogP contribution in [0.25, 0.3) is 0 Å². The largest absolute Gasteiger partial charge is 0.325 e. The molecule has 29 heavy (non-hydrogen) atoms. The van der Waals surface area contributed by atoms with Gasteiger partial charge in [0.05, 0.1) is 15.7 Å². The quantitative estimate of drug-likeness (QED) is 0.614. The zero-order chi connectivity index (χ0) is 21.2. The van der Waals surface area contributed by atoms with E-state index in [1.807, 2.05) is 13.0 Å². The van der Waals surface area contributed by atoms with E-state index in [0.717, 1.165) is 4.90 Å². The summed E-state index contributed by atoms with van der Waals surface area (Å²) in [5.41, 5.74) is -0.354. The molecule has 2 N–H and O–H groups in total. The monoisotopic (exact) mass is 453 g/mol. The van der Waals surface area contributed by atoms with Gasteiger partial charge in [0.15, 0.2) is 0 Å². The van der Waals surface area contributed by atoms with Crippen LogP contribution in [0.3, 0.4) is 0 Å². The van der Waals surface area contributed by atoms with Gasteiger partial charge in [-0.3, -0.25) is 14.5 Å². The van der Waals surface area contributed by atoms with Crippen LogP contribution in [0.5, 0.6) is 0 Å². The van der Waals surface area contributed by atoms with Crippen molar-refractivity contribution in [3.63, 3.8) is 0 Å². The summed E-state index contributed by atoms with van der Waals surface area (Å²) >= 11 is 18.0. The summed E-state index contributed by atoms with van der Waals surface area (Å²) < 4.78 is 0. The molecule has 2 aromatic rings. The van der Waals surface area contributed by atoms with Crippen LogP contribution >= 0.6 is 34.8 Å². The number of hydrogen-bond donors (Lipinski definition) is 2. The minimum Gasteiger partial charge on any atom is -0.322 e. The first-order chi connectivity index (χ1) is 13.8. The van der Waals surface area contributed by atoms with Crippen LogP contribution in [0, 0.1) is 0 Å². The van der Waals surface area contributed by atoms with E-state index >= 15 is 0 Å². The molecule has 4 amide bonds. The smallest absolute Gasteiger partial charge is 0.322 e. The number of anilines is 1. The lowest BCUT2D eigenvalue weighted by Gasteiger charge is -2.26. The first kappa shape index (κ1) is 21.4. The zero-order valence-electron chi connectivity index (χ0n) is 15.5. The lowest BCUT2D eigenvalue weighted by molar-refractivity contribution is -0.134. The summed E-state index contributed by atoms with van der Waals surface area (Å²) in [6.07, 6.45) is 1.07. The molecule has 2 aromatic carbocycles. The first-order valence-corrected chi connectivity index (χ1v) is 10.1. The fraction of sp³-hybridized carbons (Fsp3) is 0.250. The minimum absolute atomic E-state index is 0.151. The number of rotatable bonds is 6. The first-order valence-electron chi connectivity index (χ1n) is 8.92. The van der Waals surface area contributed by atoms with Gasteiger partial charge >= 0.3 is 6.03 Å². The summed E-state index contributed by atoms with van der Waals surface area (Å²) in [7, 11) is 0. The highest BCUT2D eigenvalue weighted by Gasteiger charge is 2.52. The number of urea groups is 1. The Morgan fingerprint density at radius 1 is 1.10 bits per heavy atom. The Morgan fingerprint density at radius 3 is 2.31 bits per heavy atom. The zero-order valence-corrected chi connectivity index (χ0v) is 17.7. The number of nitrogens with one attached hydrogen (secondary N) is 2. The average molecular weight is 455 g/mol. The van der Waals surface area contributed by atoms with Gasteiger partial charge < -0.3 is 10.6 Å². The third kappa shape index (κ3) is 4.20. The standard InChI is InChI=1S/C20H18Cl3N3O3/c1-2-8-20(12-6-4-3-5-7-12)18(28)26(19(29)25-20)11-16(27)24-17-14(22)9-13(21)10-15(17)23/h3-7,9-10H,2,8,11H2,1H3,(H,24,27)(H,25,29). The van der Waals surface area contributed by atoms with Crippen LogP contribution in [-0.2, 0) is 15.1 Å². The molecule has 0 aromatic heterocycles. The molecular weight excluding hydrogens is 437 g/mol. The van der Waals surface area contributed by atoms with Crippen LogP contribution < -0.4 is 10.6 Å². The highest BCUT2D eigenvalue weighted by molar-refractivity contribution is 6.42. The van der Waals surface area contributed by atoms with Crippen LogP contribution in [0.1, 0.15) is 25.3 Å². The van der Waals surface area contributed by atoms with Gasteiger partial charge in [0.2, 0.25) is 5.91 Å². The minimum atomic E-state index is -1.19. The molecule has 1 unspecified atom stereocenters.